The summed E-state index contributed by atoms with van der Waals surface area (Å²) < 4.78 is 4.71. The first kappa shape index (κ1) is 12.7. The number of amides is 1. The minimum Gasteiger partial charge on any atom is -0.438 e. The number of hydrogen-bond donors (Lipinski definition) is 1. The highest BCUT2D eigenvalue weighted by Crippen LogP contribution is 2.12. The molecule has 0 heterocycles. The molecule has 0 saturated heterocycles. The average molecular weight is 199 g/mol. The Morgan fingerprint density at radius 2 is 1.93 bits per heavy atom. The van der Waals surface area contributed by atoms with Crippen molar-refractivity contribution in [1.82, 2.24) is 0 Å². The second-order valence-corrected chi connectivity index (χ2v) is 3.70. The fraction of sp³-hybridized carbons (Fsp3) is 0.600. The smallest absolute Gasteiger partial charge is 0.405 e. The van der Waals surface area contributed by atoms with Crippen molar-refractivity contribution in [3.63, 3.8) is 0 Å². The van der Waals surface area contributed by atoms with Crippen molar-refractivity contribution in [3.8, 4) is 0 Å². The van der Waals surface area contributed by atoms with Gasteiger partial charge in [0.25, 0.3) is 0 Å². The Morgan fingerprint density at radius 1 is 1.43 bits per heavy atom. The summed E-state index contributed by atoms with van der Waals surface area (Å²) in [5.74, 6) is -0.0138. The lowest BCUT2D eigenvalue weighted by atomic mass is 10.00. The van der Waals surface area contributed by atoms with E-state index < -0.39 is 12.2 Å². The molecular weight excluding hydrogens is 182 g/mol. The number of primary amides is 1. The van der Waals surface area contributed by atoms with Crippen LogP contribution < -0.4 is 5.73 Å². The van der Waals surface area contributed by atoms with Gasteiger partial charge in [0.05, 0.1) is 0 Å². The van der Waals surface area contributed by atoms with E-state index in [0.29, 0.717) is 12.0 Å². The molecular formula is C10H17NO3. The monoisotopic (exact) mass is 199 g/mol. The van der Waals surface area contributed by atoms with Crippen LogP contribution in [-0.2, 0) is 9.53 Å². The van der Waals surface area contributed by atoms with Crippen LogP contribution in [0.15, 0.2) is 12.2 Å². The maximum Gasteiger partial charge on any atom is 0.405 e. The minimum atomic E-state index is -0.926. The number of ketones is 1. The molecule has 80 valence electrons. The molecule has 0 saturated carbocycles. The summed E-state index contributed by atoms with van der Waals surface area (Å²) in [6, 6.07) is 0. The number of rotatable bonds is 5. The van der Waals surface area contributed by atoms with Crippen molar-refractivity contribution in [2.24, 2.45) is 11.7 Å². The third-order valence-electron chi connectivity index (χ3n) is 1.66. The highest BCUT2D eigenvalue weighted by Gasteiger charge is 2.23. The maximum atomic E-state index is 11.5. The van der Waals surface area contributed by atoms with E-state index in [1.165, 1.54) is 0 Å². The van der Waals surface area contributed by atoms with Gasteiger partial charge in [0.15, 0.2) is 11.9 Å². The lowest BCUT2D eigenvalue weighted by Gasteiger charge is -2.17. The molecule has 14 heavy (non-hydrogen) atoms. The van der Waals surface area contributed by atoms with Gasteiger partial charge in [-0.3, -0.25) is 4.79 Å². The van der Waals surface area contributed by atoms with Gasteiger partial charge in [0.2, 0.25) is 0 Å². The van der Waals surface area contributed by atoms with E-state index >= 15 is 0 Å². The molecule has 4 nitrogen and oxygen atoms in total. The number of carbonyl (C=O) groups excluding carboxylic acids is 2. The van der Waals surface area contributed by atoms with E-state index in [0.717, 1.165) is 0 Å². The number of carbonyl (C=O) groups is 2. The third kappa shape index (κ3) is 4.64. The predicted molar refractivity (Wildman–Crippen MR) is 53.7 cm³/mol. The molecule has 1 atom stereocenters. The first-order valence-electron chi connectivity index (χ1n) is 4.50. The molecule has 0 bridgehead atoms. The Morgan fingerprint density at radius 3 is 2.21 bits per heavy atom. The van der Waals surface area contributed by atoms with E-state index in [2.05, 4.69) is 6.58 Å². The molecule has 0 aliphatic heterocycles. The van der Waals surface area contributed by atoms with Crippen LogP contribution in [-0.4, -0.2) is 18.0 Å². The van der Waals surface area contributed by atoms with Gasteiger partial charge < -0.3 is 10.5 Å². The normalized spacial score (nSPS) is 12.3. The van der Waals surface area contributed by atoms with Gasteiger partial charge in [-0.25, -0.2) is 4.79 Å². The van der Waals surface area contributed by atoms with E-state index in [-0.39, 0.29) is 11.7 Å². The highest BCUT2D eigenvalue weighted by atomic mass is 16.6. The minimum absolute atomic E-state index is 0.252. The molecule has 0 aromatic heterocycles. The molecule has 4 heteroatoms. The number of Topliss-reactive ketones (excluding diaryl/α,β-unsaturated/α-hetero) is 1. The fourth-order valence-electron chi connectivity index (χ4n) is 1.05. The van der Waals surface area contributed by atoms with E-state index in [4.69, 9.17) is 10.5 Å². The third-order valence-corrected chi connectivity index (χ3v) is 1.66. The van der Waals surface area contributed by atoms with Crippen molar-refractivity contribution in [2.45, 2.75) is 33.3 Å². The predicted octanol–water partition coefficient (Wildman–Crippen LogP) is 1.64. The summed E-state index contributed by atoms with van der Waals surface area (Å²) in [4.78, 5) is 22.0. The summed E-state index contributed by atoms with van der Waals surface area (Å²) in [5, 5.41) is 0. The molecule has 0 aromatic rings. The standard InChI is InChI=1S/C10H17NO3/c1-6(2)5-8(14-10(11)13)9(12)7(3)4/h6,8H,3,5H2,1-2,4H3,(H2,11,13). The van der Waals surface area contributed by atoms with Crippen LogP contribution >= 0.6 is 0 Å². The van der Waals surface area contributed by atoms with Crippen molar-refractivity contribution in [1.29, 1.82) is 0 Å². The van der Waals surface area contributed by atoms with Crippen molar-refractivity contribution in [3.05, 3.63) is 12.2 Å². The first-order chi connectivity index (χ1) is 6.34. The zero-order chi connectivity index (χ0) is 11.3. The second kappa shape index (κ2) is 5.42. The highest BCUT2D eigenvalue weighted by molar-refractivity contribution is 5.98. The first-order valence-corrected chi connectivity index (χ1v) is 4.50. The number of hydrogen-bond acceptors (Lipinski definition) is 3. The van der Waals surface area contributed by atoms with E-state index in [1.54, 1.807) is 6.92 Å². The Hall–Kier alpha value is -1.32. The molecule has 2 N–H and O–H groups in total. The molecule has 0 fully saturated rings. The fourth-order valence-corrected chi connectivity index (χ4v) is 1.05. The summed E-state index contributed by atoms with van der Waals surface area (Å²) in [6.07, 6.45) is -1.25. The second-order valence-electron chi connectivity index (χ2n) is 3.70. The quantitative estimate of drug-likeness (QED) is 0.684. The molecule has 0 rings (SSSR count). The molecule has 0 aromatic carbocycles. The summed E-state index contributed by atoms with van der Waals surface area (Å²) in [6.45, 7) is 8.96. The topological polar surface area (TPSA) is 69.4 Å². The SMILES string of the molecule is C=C(C)C(=O)C(CC(C)C)OC(N)=O. The lowest BCUT2D eigenvalue weighted by molar-refractivity contribution is -0.124. The van der Waals surface area contributed by atoms with Crippen molar-refractivity contribution >= 4 is 11.9 Å². The van der Waals surface area contributed by atoms with Crippen LogP contribution in [0.25, 0.3) is 0 Å². The molecule has 1 amide bonds. The van der Waals surface area contributed by atoms with Crippen LogP contribution in [0.3, 0.4) is 0 Å². The molecule has 1 unspecified atom stereocenters. The molecule has 0 aliphatic rings. The number of ether oxygens (including phenoxy) is 1. The summed E-state index contributed by atoms with van der Waals surface area (Å²) in [5.41, 5.74) is 5.24. The van der Waals surface area contributed by atoms with Gasteiger partial charge in [0.1, 0.15) is 0 Å². The number of nitrogens with two attached hydrogens (primary N) is 1. The van der Waals surface area contributed by atoms with Crippen molar-refractivity contribution in [2.75, 3.05) is 0 Å². The van der Waals surface area contributed by atoms with Gasteiger partial charge in [0, 0.05) is 0 Å². The van der Waals surface area contributed by atoms with Crippen LogP contribution in [0.2, 0.25) is 0 Å². The Balaban J connectivity index is 4.46. The van der Waals surface area contributed by atoms with Crippen molar-refractivity contribution < 1.29 is 14.3 Å². The molecule has 0 radical (unpaired) electrons. The zero-order valence-corrected chi connectivity index (χ0v) is 8.87. The van der Waals surface area contributed by atoms with Gasteiger partial charge in [-0.15, -0.1) is 0 Å². The van der Waals surface area contributed by atoms with Crippen LogP contribution in [0, 0.1) is 5.92 Å². The maximum absolute atomic E-state index is 11.5. The Bertz CT molecular complexity index is 246. The Kier molecular flexibility index (Phi) is 4.91. The van der Waals surface area contributed by atoms with Gasteiger partial charge >= 0.3 is 6.09 Å². The zero-order valence-electron chi connectivity index (χ0n) is 8.87. The molecule has 0 spiro atoms. The average Bonchev–Trinajstić information content (AvgIpc) is 1.99. The lowest BCUT2D eigenvalue weighted by Crippen LogP contribution is -2.31. The van der Waals surface area contributed by atoms with Gasteiger partial charge in [-0.1, -0.05) is 20.4 Å². The summed E-state index contributed by atoms with van der Waals surface area (Å²) in [7, 11) is 0. The largest absolute Gasteiger partial charge is 0.438 e. The van der Waals surface area contributed by atoms with Crippen LogP contribution in [0.4, 0.5) is 4.79 Å². The Labute approximate surface area is 84.1 Å². The van der Waals surface area contributed by atoms with Crippen LogP contribution in [0.5, 0.6) is 0 Å². The van der Waals surface area contributed by atoms with E-state index in [1.807, 2.05) is 13.8 Å². The molecule has 0 aliphatic carbocycles. The van der Waals surface area contributed by atoms with Crippen LogP contribution in [0.1, 0.15) is 27.2 Å². The summed E-state index contributed by atoms with van der Waals surface area (Å²) >= 11 is 0. The van der Waals surface area contributed by atoms with E-state index in [9.17, 15) is 9.59 Å². The van der Waals surface area contributed by atoms with Gasteiger partial charge in [-0.05, 0) is 24.8 Å². The van der Waals surface area contributed by atoms with Gasteiger partial charge in [-0.2, -0.15) is 0 Å².